The van der Waals surface area contributed by atoms with Crippen molar-refractivity contribution in [1.29, 1.82) is 0 Å². The molecule has 47 heavy (non-hydrogen) atoms. The van der Waals surface area contributed by atoms with Crippen LogP contribution in [-0.4, -0.2) is 72.3 Å². The number of H-pyrrole nitrogens is 1. The molecule has 4 heterocycles. The number of anilines is 2. The van der Waals surface area contributed by atoms with Gasteiger partial charge in [-0.1, -0.05) is 12.1 Å². The zero-order valence-corrected chi connectivity index (χ0v) is 28.7. The van der Waals surface area contributed by atoms with Crippen LogP contribution in [0.25, 0.3) is 10.9 Å². The van der Waals surface area contributed by atoms with Gasteiger partial charge >= 0.3 is 0 Å². The Morgan fingerprint density at radius 3 is 2.64 bits per heavy atom. The molecule has 0 radical (unpaired) electrons. The van der Waals surface area contributed by atoms with Gasteiger partial charge in [0.05, 0.1) is 64.9 Å². The van der Waals surface area contributed by atoms with E-state index in [1.165, 1.54) is 23.5 Å². The Morgan fingerprint density at radius 2 is 1.91 bits per heavy atom. The minimum atomic E-state index is -0.431. The zero-order valence-electron chi connectivity index (χ0n) is 26.6. The van der Waals surface area contributed by atoms with E-state index in [1.54, 1.807) is 24.4 Å². The topological polar surface area (TPSA) is 121 Å². The van der Waals surface area contributed by atoms with Gasteiger partial charge in [0.2, 0.25) is 5.78 Å². The number of halogens is 2. The van der Waals surface area contributed by atoms with E-state index < -0.39 is 5.82 Å². The average molecular weight is 752 g/mol. The number of carbonyl (C=O) groups is 1. The summed E-state index contributed by atoms with van der Waals surface area (Å²) in [5.74, 6) is -0.401. The minimum Gasteiger partial charge on any atom is -0.484 e. The van der Waals surface area contributed by atoms with Gasteiger partial charge in [0.1, 0.15) is 12.4 Å². The predicted molar refractivity (Wildman–Crippen MR) is 192 cm³/mol. The first-order valence-corrected chi connectivity index (χ1v) is 16.8. The minimum absolute atomic E-state index is 0.104. The lowest BCUT2D eigenvalue weighted by Crippen LogP contribution is -2.49. The molecule has 2 aromatic heterocycles. The molecule has 0 atom stereocenters. The fraction of sp³-hybridized carbons (Fsp3) is 0.343. The van der Waals surface area contributed by atoms with Crippen LogP contribution in [0.15, 0.2) is 69.3 Å². The smallest absolute Gasteiger partial charge is 0.214 e. The first kappa shape index (κ1) is 32.9. The highest BCUT2D eigenvalue weighted by Gasteiger charge is 2.27. The van der Waals surface area contributed by atoms with Crippen molar-refractivity contribution in [2.75, 3.05) is 49.6 Å². The van der Waals surface area contributed by atoms with Crippen molar-refractivity contribution in [2.45, 2.75) is 39.3 Å². The van der Waals surface area contributed by atoms with E-state index >= 15 is 0 Å². The number of nitrogens with zero attached hydrogens (tertiary/aromatic N) is 4. The molecule has 0 unspecified atom stereocenters. The van der Waals surface area contributed by atoms with Gasteiger partial charge in [-0.2, -0.15) is 0 Å². The maximum absolute atomic E-state index is 13.9. The summed E-state index contributed by atoms with van der Waals surface area (Å²) < 4.78 is 29.1. The van der Waals surface area contributed by atoms with Crippen LogP contribution < -0.4 is 20.7 Å². The predicted octanol–water partition coefficient (Wildman–Crippen LogP) is 6.08. The summed E-state index contributed by atoms with van der Waals surface area (Å²) in [5.41, 5.74) is 12.5. The first-order valence-electron chi connectivity index (χ1n) is 15.8. The molecule has 2 aliphatic rings. The van der Waals surface area contributed by atoms with E-state index in [1.807, 2.05) is 41.9 Å². The van der Waals surface area contributed by atoms with Gasteiger partial charge in [0.15, 0.2) is 11.6 Å². The third-order valence-electron chi connectivity index (χ3n) is 8.91. The van der Waals surface area contributed by atoms with Crippen molar-refractivity contribution in [3.05, 3.63) is 94.5 Å². The van der Waals surface area contributed by atoms with Gasteiger partial charge in [-0.05, 0) is 74.2 Å². The number of benzene rings is 2. The highest BCUT2D eigenvalue weighted by Crippen LogP contribution is 2.31. The van der Waals surface area contributed by atoms with Crippen LogP contribution in [0.3, 0.4) is 0 Å². The van der Waals surface area contributed by atoms with Crippen molar-refractivity contribution in [3.63, 3.8) is 0 Å². The standard InChI is InChI=1S/C35H39FIN7O3/c1-22-16-25(21-47-33-6-4-3-5-28(33)36)39-20-31(22)42-35(38)27(19-40-37)34(45)30-17-24-15-23(2)32(18-29(24)41-30)44-9-7-26(8-10-44)43-11-13-46-14-12-43/h3-6,15-20,26,41-42H,7-14,21,38H2,1-2H3/b35-27+,40-19-. The van der Waals surface area contributed by atoms with Crippen LogP contribution in [0.4, 0.5) is 15.8 Å². The first-order chi connectivity index (χ1) is 22.8. The Hall–Kier alpha value is -4.01. The van der Waals surface area contributed by atoms with Crippen molar-refractivity contribution < 1.29 is 18.7 Å². The molecule has 246 valence electrons. The maximum atomic E-state index is 13.9. The molecule has 10 nitrogen and oxygen atoms in total. The summed E-state index contributed by atoms with van der Waals surface area (Å²) in [6.45, 7) is 9.80. The fourth-order valence-corrected chi connectivity index (χ4v) is 6.63. The Kier molecular flexibility index (Phi) is 10.4. The SMILES string of the molecule is Cc1cc(COc2ccccc2F)ncc1N/C(N)=C(\C=N/I)C(=O)c1cc2cc(C)c(N3CCC(N4CCOCC4)CC3)cc2[nH]1. The molecule has 0 bridgehead atoms. The van der Waals surface area contributed by atoms with E-state index in [4.69, 9.17) is 15.2 Å². The van der Waals surface area contributed by atoms with Crippen molar-refractivity contribution >= 4 is 57.1 Å². The monoisotopic (exact) mass is 751 g/mol. The summed E-state index contributed by atoms with van der Waals surface area (Å²) in [7, 11) is 0. The van der Waals surface area contributed by atoms with Crippen LogP contribution in [0.1, 0.15) is 40.2 Å². The summed E-state index contributed by atoms with van der Waals surface area (Å²) >= 11 is 1.83. The number of aromatic nitrogens is 2. The molecule has 2 aliphatic heterocycles. The molecule has 0 saturated carbocycles. The molecule has 12 heteroatoms. The molecule has 4 aromatic rings. The van der Waals surface area contributed by atoms with Crippen LogP contribution in [0.2, 0.25) is 0 Å². The summed E-state index contributed by atoms with van der Waals surface area (Å²) in [6, 6.07) is 14.8. The van der Waals surface area contributed by atoms with Gasteiger partial charge in [-0.15, -0.1) is 0 Å². The van der Waals surface area contributed by atoms with E-state index in [-0.39, 0.29) is 29.5 Å². The van der Waals surface area contributed by atoms with Gasteiger partial charge in [0.25, 0.3) is 0 Å². The number of para-hydroxylation sites is 1. The normalized spacial score (nSPS) is 16.9. The van der Waals surface area contributed by atoms with Crippen LogP contribution in [-0.2, 0) is 11.3 Å². The average Bonchev–Trinajstić information content (AvgIpc) is 3.50. The zero-order chi connectivity index (χ0) is 32.9. The number of Topliss-reactive ketones (excluding diaryl/α,β-unsaturated/α-hetero) is 1. The van der Waals surface area contributed by atoms with E-state index in [2.05, 4.69) is 47.3 Å². The maximum Gasteiger partial charge on any atom is 0.214 e. The number of aryl methyl sites for hydroxylation is 2. The van der Waals surface area contributed by atoms with Crippen molar-refractivity contribution in [3.8, 4) is 5.75 Å². The highest BCUT2D eigenvalue weighted by atomic mass is 127. The number of morpholine rings is 1. The summed E-state index contributed by atoms with van der Waals surface area (Å²) in [4.78, 5) is 26.6. The lowest BCUT2D eigenvalue weighted by atomic mass is 10.0. The van der Waals surface area contributed by atoms with E-state index in [0.717, 1.165) is 68.7 Å². The van der Waals surface area contributed by atoms with Gasteiger partial charge in [-0.25, -0.2) is 7.60 Å². The van der Waals surface area contributed by atoms with Gasteiger partial charge in [0, 0.05) is 55.0 Å². The fourth-order valence-electron chi connectivity index (χ4n) is 6.35. The van der Waals surface area contributed by atoms with Crippen molar-refractivity contribution in [2.24, 2.45) is 8.94 Å². The lowest BCUT2D eigenvalue weighted by molar-refractivity contribution is 0.0115. The summed E-state index contributed by atoms with van der Waals surface area (Å²) in [6.07, 6.45) is 5.32. The molecule has 6 rings (SSSR count). The number of ether oxygens (including phenoxy) is 2. The Bertz CT molecular complexity index is 1810. The molecule has 0 aliphatic carbocycles. The number of fused-ring (bicyclic) bond motifs is 1. The number of allylic oxidation sites excluding steroid dienone is 1. The number of aromatic amines is 1. The van der Waals surface area contributed by atoms with Gasteiger partial charge in [-0.3, -0.25) is 14.7 Å². The van der Waals surface area contributed by atoms with E-state index in [0.29, 0.717) is 23.1 Å². The number of rotatable bonds is 10. The molecule has 0 spiro atoms. The number of nitrogens with one attached hydrogen (secondary N) is 2. The molecular formula is C35H39FIN7O3. The largest absolute Gasteiger partial charge is 0.484 e. The molecule has 2 saturated heterocycles. The van der Waals surface area contributed by atoms with Gasteiger partial charge < -0.3 is 30.4 Å². The number of hydrogen-bond acceptors (Lipinski definition) is 9. The molecule has 4 N–H and O–H groups in total. The Balaban J connectivity index is 1.16. The second-order valence-electron chi connectivity index (χ2n) is 12.0. The second-order valence-corrected chi connectivity index (χ2v) is 12.6. The van der Waals surface area contributed by atoms with Crippen LogP contribution >= 0.6 is 22.9 Å². The highest BCUT2D eigenvalue weighted by molar-refractivity contribution is 14.1. The summed E-state index contributed by atoms with van der Waals surface area (Å²) in [5, 5.41) is 4.09. The number of hydrogen-bond donors (Lipinski definition) is 3. The molecule has 2 fully saturated rings. The molecular weight excluding hydrogens is 712 g/mol. The number of carbonyl (C=O) groups excluding carboxylic acids is 1. The lowest BCUT2D eigenvalue weighted by Gasteiger charge is -2.41. The van der Waals surface area contributed by atoms with Crippen LogP contribution in [0, 0.1) is 19.7 Å². The molecule has 2 aromatic carbocycles. The third-order valence-corrected chi connectivity index (χ3v) is 9.19. The quantitative estimate of drug-likeness (QED) is 0.0772. The number of nitrogens with two attached hydrogens (primary N) is 1. The Morgan fingerprint density at radius 1 is 1.15 bits per heavy atom. The second kappa shape index (κ2) is 14.8. The third kappa shape index (κ3) is 7.60. The van der Waals surface area contributed by atoms with Crippen molar-refractivity contribution in [1.82, 2.24) is 14.9 Å². The Labute approximate surface area is 287 Å². The number of piperidine rings is 1. The van der Waals surface area contributed by atoms with E-state index in [9.17, 15) is 9.18 Å². The number of pyridine rings is 1. The van der Waals surface area contributed by atoms with Crippen LogP contribution in [0.5, 0.6) is 5.75 Å². The molecule has 0 amide bonds. The number of ketones is 1.